The van der Waals surface area contributed by atoms with E-state index in [9.17, 15) is 9.18 Å². The molecule has 2 heterocycles. The Balaban J connectivity index is 1.64. The lowest BCUT2D eigenvalue weighted by Crippen LogP contribution is -2.06. The molecule has 122 valence electrons. The molecule has 0 amide bonds. The highest BCUT2D eigenvalue weighted by atomic mass is 79.9. The second-order valence-corrected chi connectivity index (χ2v) is 6.62. The van der Waals surface area contributed by atoms with Crippen molar-refractivity contribution in [2.45, 2.75) is 13.0 Å². The first kappa shape index (κ1) is 16.7. The molecule has 0 atom stereocenters. The number of esters is 1. The minimum absolute atomic E-state index is 0.105. The maximum absolute atomic E-state index is 13.7. The van der Waals surface area contributed by atoms with Crippen LogP contribution in [0.2, 0.25) is 0 Å². The quantitative estimate of drug-likeness (QED) is 0.465. The molecule has 0 spiro atoms. The molecule has 0 aliphatic heterocycles. The van der Waals surface area contributed by atoms with Gasteiger partial charge < -0.3 is 4.74 Å². The summed E-state index contributed by atoms with van der Waals surface area (Å²) < 4.78 is 19.5. The van der Waals surface area contributed by atoms with Crippen molar-refractivity contribution in [2.75, 3.05) is 0 Å². The first-order valence-corrected chi connectivity index (χ1v) is 8.75. The summed E-state index contributed by atoms with van der Waals surface area (Å²) in [5.74, 6) is -0.792. The molecule has 0 aliphatic rings. The van der Waals surface area contributed by atoms with Gasteiger partial charge >= 0.3 is 5.97 Å². The number of ether oxygens (including phenoxy) is 1. The number of benzene rings is 1. The SMILES string of the molecule is O=C(OCc1cccnc1Br)c1csc(Cc2ccccc2F)n1. The van der Waals surface area contributed by atoms with Gasteiger partial charge in [0.2, 0.25) is 0 Å². The number of halogens is 2. The van der Waals surface area contributed by atoms with E-state index >= 15 is 0 Å². The molecule has 0 fully saturated rings. The van der Waals surface area contributed by atoms with E-state index in [0.717, 1.165) is 5.56 Å². The van der Waals surface area contributed by atoms with Crippen LogP contribution in [0.4, 0.5) is 4.39 Å². The molecule has 7 heteroatoms. The van der Waals surface area contributed by atoms with Crippen LogP contribution in [0.15, 0.2) is 52.6 Å². The van der Waals surface area contributed by atoms with Crippen LogP contribution in [0, 0.1) is 5.82 Å². The van der Waals surface area contributed by atoms with E-state index in [1.54, 1.807) is 35.8 Å². The zero-order chi connectivity index (χ0) is 16.9. The summed E-state index contributed by atoms with van der Waals surface area (Å²) in [4.78, 5) is 20.4. The Hall–Kier alpha value is -2.12. The molecule has 2 aromatic heterocycles. The molecule has 1 aromatic carbocycles. The van der Waals surface area contributed by atoms with Crippen molar-refractivity contribution in [3.63, 3.8) is 0 Å². The summed E-state index contributed by atoms with van der Waals surface area (Å²) in [5, 5.41) is 2.28. The van der Waals surface area contributed by atoms with E-state index in [2.05, 4.69) is 25.9 Å². The Labute approximate surface area is 150 Å². The summed E-state index contributed by atoms with van der Waals surface area (Å²) in [5.41, 5.74) is 1.55. The van der Waals surface area contributed by atoms with Crippen LogP contribution in [-0.2, 0) is 17.8 Å². The Morgan fingerprint density at radius 3 is 2.79 bits per heavy atom. The number of nitrogens with zero attached hydrogens (tertiary/aromatic N) is 2. The summed E-state index contributed by atoms with van der Waals surface area (Å²) in [6.07, 6.45) is 1.99. The third kappa shape index (κ3) is 4.04. The van der Waals surface area contributed by atoms with Crippen molar-refractivity contribution in [1.29, 1.82) is 0 Å². The second-order valence-electron chi connectivity index (χ2n) is 4.92. The average molecular weight is 407 g/mol. The van der Waals surface area contributed by atoms with Crippen molar-refractivity contribution in [3.05, 3.63) is 80.2 Å². The first-order chi connectivity index (χ1) is 11.6. The number of pyridine rings is 1. The van der Waals surface area contributed by atoms with Gasteiger partial charge in [0.15, 0.2) is 5.69 Å². The van der Waals surface area contributed by atoms with Gasteiger partial charge in [0.1, 0.15) is 17.0 Å². The lowest BCUT2D eigenvalue weighted by molar-refractivity contribution is 0.0465. The Morgan fingerprint density at radius 1 is 1.21 bits per heavy atom. The van der Waals surface area contributed by atoms with Crippen molar-refractivity contribution >= 4 is 33.2 Å². The molecule has 0 unspecified atom stereocenters. The highest BCUT2D eigenvalue weighted by Crippen LogP contribution is 2.19. The highest BCUT2D eigenvalue weighted by Gasteiger charge is 2.14. The van der Waals surface area contributed by atoms with Crippen LogP contribution in [0.5, 0.6) is 0 Å². The average Bonchev–Trinajstić information content (AvgIpc) is 3.05. The minimum Gasteiger partial charge on any atom is -0.456 e. The molecule has 0 N–H and O–H groups in total. The number of carbonyl (C=O) groups excluding carboxylic acids is 1. The molecule has 0 saturated heterocycles. The van der Waals surface area contributed by atoms with Gasteiger partial charge in [-0.3, -0.25) is 0 Å². The van der Waals surface area contributed by atoms with Gasteiger partial charge in [-0.25, -0.2) is 19.2 Å². The number of thiazole rings is 1. The Kier molecular flexibility index (Phi) is 5.32. The van der Waals surface area contributed by atoms with Gasteiger partial charge in [-0.15, -0.1) is 11.3 Å². The van der Waals surface area contributed by atoms with Gasteiger partial charge in [-0.1, -0.05) is 24.3 Å². The smallest absolute Gasteiger partial charge is 0.358 e. The molecule has 0 aliphatic carbocycles. The number of rotatable bonds is 5. The minimum atomic E-state index is -0.512. The molecule has 0 bridgehead atoms. The lowest BCUT2D eigenvalue weighted by atomic mass is 10.1. The maximum Gasteiger partial charge on any atom is 0.358 e. The van der Waals surface area contributed by atoms with E-state index in [0.29, 0.717) is 21.6 Å². The molecule has 3 aromatic rings. The number of carbonyl (C=O) groups is 1. The maximum atomic E-state index is 13.7. The third-order valence-corrected chi connectivity index (χ3v) is 4.82. The topological polar surface area (TPSA) is 52.1 Å². The van der Waals surface area contributed by atoms with E-state index in [-0.39, 0.29) is 18.1 Å². The molecule has 4 nitrogen and oxygen atoms in total. The normalized spacial score (nSPS) is 10.6. The molecule has 0 saturated carbocycles. The predicted octanol–water partition coefficient (Wildman–Crippen LogP) is 4.39. The van der Waals surface area contributed by atoms with Gasteiger partial charge in [-0.05, 0) is 33.6 Å². The van der Waals surface area contributed by atoms with Crippen molar-refractivity contribution < 1.29 is 13.9 Å². The van der Waals surface area contributed by atoms with Gasteiger partial charge in [0.25, 0.3) is 0 Å². The fourth-order valence-corrected chi connectivity index (χ4v) is 3.19. The monoisotopic (exact) mass is 406 g/mol. The zero-order valence-electron chi connectivity index (χ0n) is 12.4. The molecular formula is C17H12BrFN2O2S. The van der Waals surface area contributed by atoms with Crippen LogP contribution in [0.25, 0.3) is 0 Å². The van der Waals surface area contributed by atoms with Crippen LogP contribution in [-0.4, -0.2) is 15.9 Å². The Bertz CT molecular complexity index is 869. The predicted molar refractivity (Wildman–Crippen MR) is 92.4 cm³/mol. The van der Waals surface area contributed by atoms with Crippen LogP contribution in [0.1, 0.15) is 26.6 Å². The number of hydrogen-bond acceptors (Lipinski definition) is 5. The first-order valence-electron chi connectivity index (χ1n) is 7.08. The number of aromatic nitrogens is 2. The molecule has 3 rings (SSSR count). The van der Waals surface area contributed by atoms with Crippen LogP contribution < -0.4 is 0 Å². The number of hydrogen-bond donors (Lipinski definition) is 0. The van der Waals surface area contributed by atoms with Crippen molar-refractivity contribution in [3.8, 4) is 0 Å². The van der Waals surface area contributed by atoms with E-state index < -0.39 is 5.97 Å². The summed E-state index contributed by atoms with van der Waals surface area (Å²) in [6, 6.07) is 10.1. The largest absolute Gasteiger partial charge is 0.456 e. The second kappa shape index (κ2) is 7.63. The highest BCUT2D eigenvalue weighted by molar-refractivity contribution is 9.10. The molecule has 0 radical (unpaired) electrons. The van der Waals surface area contributed by atoms with Gasteiger partial charge in [-0.2, -0.15) is 0 Å². The van der Waals surface area contributed by atoms with E-state index in [4.69, 9.17) is 4.74 Å². The van der Waals surface area contributed by atoms with E-state index in [1.165, 1.54) is 17.4 Å². The van der Waals surface area contributed by atoms with Crippen LogP contribution in [0.3, 0.4) is 0 Å². The third-order valence-electron chi connectivity index (χ3n) is 3.26. The fourth-order valence-electron chi connectivity index (χ4n) is 2.03. The molecular weight excluding hydrogens is 395 g/mol. The van der Waals surface area contributed by atoms with Crippen LogP contribution >= 0.6 is 27.3 Å². The standard InChI is InChI=1S/C17H12BrFN2O2S/c18-16-12(5-3-7-20-16)9-23-17(22)14-10-24-15(21-14)8-11-4-1-2-6-13(11)19/h1-7,10H,8-9H2. The summed E-state index contributed by atoms with van der Waals surface area (Å²) in [7, 11) is 0. The Morgan fingerprint density at radius 2 is 2.00 bits per heavy atom. The zero-order valence-corrected chi connectivity index (χ0v) is 14.8. The lowest BCUT2D eigenvalue weighted by Gasteiger charge is -2.04. The van der Waals surface area contributed by atoms with Crippen molar-refractivity contribution in [2.24, 2.45) is 0 Å². The van der Waals surface area contributed by atoms with Crippen molar-refractivity contribution in [1.82, 2.24) is 9.97 Å². The van der Waals surface area contributed by atoms with Gasteiger partial charge in [0, 0.05) is 23.6 Å². The summed E-state index contributed by atoms with van der Waals surface area (Å²) >= 11 is 4.61. The van der Waals surface area contributed by atoms with E-state index in [1.807, 2.05) is 6.07 Å². The summed E-state index contributed by atoms with van der Waals surface area (Å²) in [6.45, 7) is 0.105. The van der Waals surface area contributed by atoms with Gasteiger partial charge in [0.05, 0.1) is 5.01 Å². The molecule has 24 heavy (non-hydrogen) atoms. The fraction of sp³-hybridized carbons (Fsp3) is 0.118.